The molecule has 32 heavy (non-hydrogen) atoms. The minimum absolute atomic E-state index is 0.197. The Balaban J connectivity index is 1.22. The highest BCUT2D eigenvalue weighted by Crippen LogP contribution is 2.28. The van der Waals surface area contributed by atoms with Crippen LogP contribution in [0.5, 0.6) is 0 Å². The van der Waals surface area contributed by atoms with Crippen LogP contribution < -0.4 is 5.32 Å². The molecule has 0 radical (unpaired) electrons. The smallest absolute Gasteiger partial charge is 0.252 e. The van der Waals surface area contributed by atoms with E-state index in [0.29, 0.717) is 38.0 Å². The zero-order valence-corrected chi connectivity index (χ0v) is 18.9. The number of imidazole rings is 1. The molecule has 1 aliphatic rings. The molecule has 1 N–H and O–H groups in total. The first-order chi connectivity index (χ1) is 15.5. The van der Waals surface area contributed by atoms with E-state index >= 15 is 0 Å². The molecule has 0 spiro atoms. The minimum Gasteiger partial charge on any atom is -0.352 e. The molecule has 0 saturated carbocycles. The van der Waals surface area contributed by atoms with Crippen molar-refractivity contribution in [2.75, 3.05) is 13.1 Å². The Morgan fingerprint density at radius 3 is 2.78 bits per heavy atom. The van der Waals surface area contributed by atoms with Crippen LogP contribution in [0.1, 0.15) is 27.2 Å². The van der Waals surface area contributed by atoms with E-state index in [1.54, 1.807) is 5.38 Å². The summed E-state index contributed by atoms with van der Waals surface area (Å²) in [6.45, 7) is 1.22. The molecular formula is C23H22N4O3S2. The van der Waals surface area contributed by atoms with Gasteiger partial charge in [0.05, 0.1) is 11.3 Å². The van der Waals surface area contributed by atoms with Crippen LogP contribution in [0.15, 0.2) is 70.5 Å². The van der Waals surface area contributed by atoms with Gasteiger partial charge in [-0.15, -0.1) is 11.3 Å². The summed E-state index contributed by atoms with van der Waals surface area (Å²) in [5, 5.41) is 4.46. The van der Waals surface area contributed by atoms with Crippen molar-refractivity contribution in [2.24, 2.45) is 0 Å². The number of rotatable bonds is 6. The summed E-state index contributed by atoms with van der Waals surface area (Å²) in [5.74, 6) is -0.282. The molecule has 4 aromatic rings. The number of nitrogens with one attached hydrogen (secondary N) is 1. The topological polar surface area (TPSA) is 83.8 Å². The lowest BCUT2D eigenvalue weighted by molar-refractivity contribution is 0.0954. The number of thiophene rings is 1. The van der Waals surface area contributed by atoms with Crippen LogP contribution in [-0.2, 0) is 29.4 Å². The number of sulfonamides is 1. The number of hydrogen-bond donors (Lipinski definition) is 1. The van der Waals surface area contributed by atoms with Gasteiger partial charge < -0.3 is 9.72 Å². The fourth-order valence-corrected chi connectivity index (χ4v) is 6.62. The summed E-state index contributed by atoms with van der Waals surface area (Å²) in [7, 11) is -3.64. The number of carbonyl (C=O) groups excluding carboxylic acids is 1. The van der Waals surface area contributed by atoms with Crippen LogP contribution in [0, 0.1) is 0 Å². The molecule has 5 rings (SSSR count). The Labute approximate surface area is 190 Å². The quantitative estimate of drug-likeness (QED) is 0.473. The first-order valence-electron chi connectivity index (χ1n) is 10.4. The van der Waals surface area contributed by atoms with Crippen molar-refractivity contribution in [1.29, 1.82) is 0 Å². The van der Waals surface area contributed by atoms with Gasteiger partial charge in [0, 0.05) is 43.8 Å². The van der Waals surface area contributed by atoms with Crippen molar-refractivity contribution in [1.82, 2.24) is 19.0 Å². The lowest BCUT2D eigenvalue weighted by atomic mass is 10.0. The lowest BCUT2D eigenvalue weighted by Gasteiger charge is -2.27. The summed E-state index contributed by atoms with van der Waals surface area (Å²) < 4.78 is 29.8. The van der Waals surface area contributed by atoms with Gasteiger partial charge in [0.1, 0.15) is 9.86 Å². The Morgan fingerprint density at radius 1 is 1.12 bits per heavy atom. The number of carbonyl (C=O) groups is 1. The Hall–Kier alpha value is -3.01. The van der Waals surface area contributed by atoms with Crippen molar-refractivity contribution in [2.45, 2.75) is 23.6 Å². The number of hydrogen-bond acceptors (Lipinski definition) is 5. The summed E-state index contributed by atoms with van der Waals surface area (Å²) in [5.41, 5.74) is 4.33. The van der Waals surface area contributed by atoms with Crippen molar-refractivity contribution < 1.29 is 13.2 Å². The van der Waals surface area contributed by atoms with Crippen molar-refractivity contribution in [3.05, 3.63) is 88.7 Å². The second-order valence-corrected chi connectivity index (χ2v) is 10.8. The number of pyridine rings is 1. The van der Waals surface area contributed by atoms with Crippen molar-refractivity contribution in [3.63, 3.8) is 0 Å². The molecule has 0 aliphatic carbocycles. The van der Waals surface area contributed by atoms with E-state index in [0.717, 1.165) is 28.2 Å². The number of benzene rings is 1. The van der Waals surface area contributed by atoms with Crippen LogP contribution >= 0.6 is 11.3 Å². The average Bonchev–Trinajstić information content (AvgIpc) is 3.46. The van der Waals surface area contributed by atoms with Crippen molar-refractivity contribution >= 4 is 32.9 Å². The SMILES string of the molecule is O=C(NCCc1cn2ccccc2n1)c1csc(S(=O)(=O)N2CCc3ccccc3C2)c1. The van der Waals surface area contributed by atoms with Crippen LogP contribution in [0.4, 0.5) is 0 Å². The molecule has 0 fully saturated rings. The number of nitrogens with zero attached hydrogens (tertiary/aromatic N) is 3. The highest BCUT2D eigenvalue weighted by atomic mass is 32.2. The van der Waals surface area contributed by atoms with Crippen LogP contribution in [0.3, 0.4) is 0 Å². The molecule has 0 atom stereocenters. The molecule has 164 valence electrons. The zero-order chi connectivity index (χ0) is 22.1. The van der Waals surface area contributed by atoms with E-state index < -0.39 is 10.0 Å². The first-order valence-corrected chi connectivity index (χ1v) is 12.7. The van der Waals surface area contributed by atoms with E-state index in [1.165, 1.54) is 15.9 Å². The third-order valence-corrected chi connectivity index (χ3v) is 8.87. The van der Waals surface area contributed by atoms with Gasteiger partial charge in [0.25, 0.3) is 15.9 Å². The molecule has 1 aromatic carbocycles. The summed E-state index contributed by atoms with van der Waals surface area (Å²) in [4.78, 5) is 17.1. The number of amides is 1. The average molecular weight is 467 g/mol. The molecular weight excluding hydrogens is 444 g/mol. The predicted molar refractivity (Wildman–Crippen MR) is 123 cm³/mol. The summed E-state index contributed by atoms with van der Waals surface area (Å²) in [6, 6.07) is 15.2. The van der Waals surface area contributed by atoms with Crippen LogP contribution in [0.25, 0.3) is 5.65 Å². The molecule has 3 aromatic heterocycles. The Bertz CT molecular complexity index is 1360. The molecule has 1 aliphatic heterocycles. The fourth-order valence-electron chi connectivity index (χ4n) is 3.89. The zero-order valence-electron chi connectivity index (χ0n) is 17.3. The van der Waals surface area contributed by atoms with Crippen molar-refractivity contribution in [3.8, 4) is 0 Å². The third kappa shape index (κ3) is 4.06. The second-order valence-electron chi connectivity index (χ2n) is 7.72. The first kappa shape index (κ1) is 20.9. The monoisotopic (exact) mass is 466 g/mol. The molecule has 9 heteroatoms. The Kier molecular flexibility index (Phi) is 5.54. The van der Waals surface area contributed by atoms with E-state index in [1.807, 2.05) is 59.3 Å². The highest BCUT2D eigenvalue weighted by Gasteiger charge is 2.30. The van der Waals surface area contributed by atoms with Gasteiger partial charge in [-0.3, -0.25) is 4.79 Å². The van der Waals surface area contributed by atoms with E-state index in [2.05, 4.69) is 10.3 Å². The number of aromatic nitrogens is 2. The van der Waals surface area contributed by atoms with Gasteiger partial charge in [-0.2, -0.15) is 4.31 Å². The molecule has 1 amide bonds. The highest BCUT2D eigenvalue weighted by molar-refractivity contribution is 7.91. The van der Waals surface area contributed by atoms with E-state index in [4.69, 9.17) is 0 Å². The standard InChI is InChI=1S/C23H22N4O3S2/c28-23(24-10-8-20-15-26-11-4-3-7-21(26)25-20)19-13-22(31-16-19)32(29,30)27-12-9-17-5-1-2-6-18(17)14-27/h1-7,11,13,15-16H,8-10,12,14H2,(H,24,28). The summed E-state index contributed by atoms with van der Waals surface area (Å²) in [6.07, 6.45) is 5.15. The van der Waals surface area contributed by atoms with Gasteiger partial charge >= 0.3 is 0 Å². The van der Waals surface area contributed by atoms with E-state index in [-0.39, 0.29) is 10.1 Å². The molecule has 0 saturated heterocycles. The third-order valence-electron chi connectivity index (χ3n) is 5.61. The normalized spacial score (nSPS) is 14.4. The maximum atomic E-state index is 13.1. The molecule has 0 bridgehead atoms. The Morgan fingerprint density at radius 2 is 1.94 bits per heavy atom. The predicted octanol–water partition coefficient (Wildman–Crippen LogP) is 3.12. The largest absolute Gasteiger partial charge is 0.352 e. The van der Waals surface area contributed by atoms with Gasteiger partial charge in [-0.05, 0) is 35.7 Å². The lowest BCUT2D eigenvalue weighted by Crippen LogP contribution is -2.35. The van der Waals surface area contributed by atoms with Crippen LogP contribution in [0.2, 0.25) is 0 Å². The van der Waals surface area contributed by atoms with Gasteiger partial charge in [-0.25, -0.2) is 13.4 Å². The summed E-state index contributed by atoms with van der Waals surface area (Å²) >= 11 is 1.09. The maximum absolute atomic E-state index is 13.1. The maximum Gasteiger partial charge on any atom is 0.252 e. The minimum atomic E-state index is -3.64. The molecule has 4 heterocycles. The van der Waals surface area contributed by atoms with Gasteiger partial charge in [0.2, 0.25) is 0 Å². The van der Waals surface area contributed by atoms with Crippen LogP contribution in [-0.4, -0.2) is 41.1 Å². The van der Waals surface area contributed by atoms with Gasteiger partial charge in [-0.1, -0.05) is 30.3 Å². The number of fused-ring (bicyclic) bond motifs is 2. The van der Waals surface area contributed by atoms with Gasteiger partial charge in [0.15, 0.2) is 0 Å². The molecule has 7 nitrogen and oxygen atoms in total. The molecule has 0 unspecified atom stereocenters. The fraction of sp³-hybridized carbons (Fsp3) is 0.217. The van der Waals surface area contributed by atoms with E-state index in [9.17, 15) is 13.2 Å². The second kappa shape index (κ2) is 8.50.